The van der Waals surface area contributed by atoms with Crippen molar-refractivity contribution in [3.05, 3.63) is 48.0 Å². The summed E-state index contributed by atoms with van der Waals surface area (Å²) < 4.78 is 26.2. The second kappa shape index (κ2) is 11.5. The molecule has 0 radical (unpaired) electrons. The Balaban J connectivity index is 1.61. The lowest BCUT2D eigenvalue weighted by molar-refractivity contribution is -0.126. The van der Waals surface area contributed by atoms with E-state index in [0.717, 1.165) is 19.3 Å². The van der Waals surface area contributed by atoms with Crippen LogP contribution < -0.4 is 10.6 Å². The maximum Gasteiger partial charge on any atom is 0.240 e. The average Bonchev–Trinajstić information content (AvgIpc) is 2.83. The van der Waals surface area contributed by atoms with Crippen LogP contribution in [0.3, 0.4) is 0 Å². The largest absolute Gasteiger partial charge is 0.346 e. The van der Waals surface area contributed by atoms with Crippen LogP contribution in [0.25, 0.3) is 10.8 Å². The minimum absolute atomic E-state index is 0.0694. The zero-order valence-corrected chi connectivity index (χ0v) is 20.5. The summed E-state index contributed by atoms with van der Waals surface area (Å²) in [6.45, 7) is 3.12. The van der Waals surface area contributed by atoms with Gasteiger partial charge < -0.3 is 10.6 Å². The number of nitrogens with zero attached hydrogens (tertiary/aromatic N) is 2. The molecule has 34 heavy (non-hydrogen) atoms. The number of hydrogen-bond acceptors (Lipinski definition) is 5. The average molecular weight is 485 g/mol. The van der Waals surface area contributed by atoms with Gasteiger partial charge in [-0.25, -0.2) is 8.42 Å². The molecule has 0 aromatic heterocycles. The molecule has 1 heterocycles. The van der Waals surface area contributed by atoms with Crippen LogP contribution >= 0.6 is 0 Å². The van der Waals surface area contributed by atoms with Crippen molar-refractivity contribution in [2.24, 2.45) is 0 Å². The van der Waals surface area contributed by atoms with E-state index in [-0.39, 0.29) is 31.7 Å². The van der Waals surface area contributed by atoms with Crippen LogP contribution in [0.2, 0.25) is 0 Å². The van der Waals surface area contributed by atoms with Gasteiger partial charge in [0.2, 0.25) is 21.8 Å². The van der Waals surface area contributed by atoms with E-state index in [4.69, 9.17) is 6.42 Å². The highest BCUT2D eigenvalue weighted by Gasteiger charge is 2.33. The number of piperidine rings is 1. The third kappa shape index (κ3) is 6.56. The summed E-state index contributed by atoms with van der Waals surface area (Å²) in [5.74, 6) is 1.33. The van der Waals surface area contributed by atoms with Gasteiger partial charge in [-0.05, 0) is 36.1 Å². The third-order valence-electron chi connectivity index (χ3n) is 6.29. The number of benzene rings is 2. The topological polar surface area (TPSA) is 98.8 Å². The molecule has 1 aliphatic rings. The molecule has 0 bridgehead atoms. The predicted molar refractivity (Wildman–Crippen MR) is 133 cm³/mol. The number of amides is 2. The molecule has 1 saturated heterocycles. The van der Waals surface area contributed by atoms with Crippen LogP contribution in [0.15, 0.2) is 42.5 Å². The molecule has 2 N–H and O–H groups in total. The van der Waals surface area contributed by atoms with Crippen LogP contribution in [-0.4, -0.2) is 74.5 Å². The minimum Gasteiger partial charge on any atom is -0.346 e. The first-order valence-electron chi connectivity index (χ1n) is 11.4. The number of likely N-dealkylation sites (tertiary alicyclic amines) is 1. The quantitative estimate of drug-likeness (QED) is 0.526. The lowest BCUT2D eigenvalue weighted by atomic mass is 9.96. The first kappa shape index (κ1) is 25.7. The van der Waals surface area contributed by atoms with E-state index >= 15 is 0 Å². The third-order valence-corrected chi connectivity index (χ3v) is 7.57. The lowest BCUT2D eigenvalue weighted by Crippen LogP contribution is -2.51. The van der Waals surface area contributed by atoms with Gasteiger partial charge in [-0.1, -0.05) is 48.4 Å². The Bertz CT molecular complexity index is 1160. The van der Waals surface area contributed by atoms with Crippen LogP contribution in [-0.2, 0) is 19.6 Å². The van der Waals surface area contributed by atoms with Crippen molar-refractivity contribution in [2.75, 3.05) is 39.0 Å². The van der Waals surface area contributed by atoms with E-state index in [1.165, 1.54) is 20.6 Å². The summed E-state index contributed by atoms with van der Waals surface area (Å²) in [7, 11) is -3.60. The van der Waals surface area contributed by atoms with Crippen molar-refractivity contribution in [1.29, 1.82) is 0 Å². The number of sulfonamides is 1. The van der Waals surface area contributed by atoms with Crippen LogP contribution in [0.4, 0.5) is 0 Å². The molecule has 8 nitrogen and oxygen atoms in total. The number of carbonyl (C=O) groups excluding carboxylic acids is 2. The molecule has 1 aliphatic heterocycles. The molecule has 2 amide bonds. The first-order valence-corrected chi connectivity index (χ1v) is 13.2. The molecule has 9 heteroatoms. The number of hydrogen-bond donors (Lipinski definition) is 2. The van der Waals surface area contributed by atoms with Crippen LogP contribution in [0.5, 0.6) is 0 Å². The number of rotatable bonds is 9. The van der Waals surface area contributed by atoms with E-state index in [1.54, 1.807) is 0 Å². The second-order valence-corrected chi connectivity index (χ2v) is 10.5. The van der Waals surface area contributed by atoms with Gasteiger partial charge in [0.05, 0.1) is 25.9 Å². The number of terminal acetylenes is 1. The molecule has 0 saturated carbocycles. The Morgan fingerprint density at radius 1 is 1.12 bits per heavy atom. The fourth-order valence-corrected chi connectivity index (χ4v) is 5.58. The van der Waals surface area contributed by atoms with Gasteiger partial charge in [0.25, 0.3) is 0 Å². The van der Waals surface area contributed by atoms with Crippen molar-refractivity contribution in [2.45, 2.75) is 31.8 Å². The minimum atomic E-state index is -3.60. The summed E-state index contributed by atoms with van der Waals surface area (Å²) in [6, 6.07) is 14.5. The van der Waals surface area contributed by atoms with Crippen molar-refractivity contribution in [3.63, 3.8) is 0 Å². The molecule has 1 unspecified atom stereocenters. The lowest BCUT2D eigenvalue weighted by Gasteiger charge is -2.39. The van der Waals surface area contributed by atoms with E-state index in [1.807, 2.05) is 12.1 Å². The Morgan fingerprint density at radius 3 is 2.47 bits per heavy atom. The highest BCUT2D eigenvalue weighted by atomic mass is 32.2. The van der Waals surface area contributed by atoms with Gasteiger partial charge >= 0.3 is 0 Å². The molecule has 182 valence electrons. The summed E-state index contributed by atoms with van der Waals surface area (Å²) in [5, 5.41) is 7.33. The molecular weight excluding hydrogens is 452 g/mol. The van der Waals surface area contributed by atoms with Gasteiger partial charge in [0, 0.05) is 25.2 Å². The summed E-state index contributed by atoms with van der Waals surface area (Å²) >= 11 is 0. The standard InChI is InChI=1S/C25H32N4O4S/c1-4-14-26-24(30)17-27-25(31)18-29(34(3,32)33)21-12-15-28(16-13-21)19(2)22-11-7-9-20-8-5-6-10-23(20)22/h1,5-11,19,21H,12-18H2,2-3H3,(H,26,30)(H,27,31). The Kier molecular flexibility index (Phi) is 8.67. The number of carbonyl (C=O) groups is 2. The smallest absolute Gasteiger partial charge is 0.240 e. The van der Waals surface area contributed by atoms with E-state index in [9.17, 15) is 18.0 Å². The maximum atomic E-state index is 12.5. The maximum absolute atomic E-state index is 12.5. The van der Waals surface area contributed by atoms with Gasteiger partial charge in [-0.3, -0.25) is 14.5 Å². The normalized spacial score (nSPS) is 16.2. The zero-order valence-electron chi connectivity index (χ0n) is 19.7. The molecule has 3 rings (SSSR count). The summed E-state index contributed by atoms with van der Waals surface area (Å²) in [5.41, 5.74) is 1.25. The molecule has 2 aromatic carbocycles. The summed E-state index contributed by atoms with van der Waals surface area (Å²) in [4.78, 5) is 26.3. The van der Waals surface area contributed by atoms with Crippen LogP contribution in [0.1, 0.15) is 31.4 Å². The van der Waals surface area contributed by atoms with Gasteiger partial charge in [0.15, 0.2) is 0 Å². The number of fused-ring (bicyclic) bond motifs is 1. The van der Waals surface area contributed by atoms with Gasteiger partial charge in [-0.2, -0.15) is 4.31 Å². The fourth-order valence-electron chi connectivity index (χ4n) is 4.48. The molecule has 0 spiro atoms. The Hall–Kier alpha value is -2.93. The predicted octanol–water partition coefficient (Wildman–Crippen LogP) is 1.49. The van der Waals surface area contributed by atoms with Crippen LogP contribution in [0, 0.1) is 12.3 Å². The van der Waals surface area contributed by atoms with Gasteiger partial charge in [0.1, 0.15) is 0 Å². The molecule has 2 aromatic rings. The fraction of sp³-hybridized carbons (Fsp3) is 0.440. The highest BCUT2D eigenvalue weighted by molar-refractivity contribution is 7.88. The highest BCUT2D eigenvalue weighted by Crippen LogP contribution is 2.31. The van der Waals surface area contributed by atoms with Crippen molar-refractivity contribution in [1.82, 2.24) is 19.8 Å². The Labute approximate surface area is 201 Å². The molecule has 0 aliphatic carbocycles. The van der Waals surface area contributed by atoms with Crippen molar-refractivity contribution in [3.8, 4) is 12.3 Å². The zero-order chi connectivity index (χ0) is 24.7. The second-order valence-electron chi connectivity index (χ2n) is 8.58. The SMILES string of the molecule is C#CCNC(=O)CNC(=O)CN(C1CCN(C(C)c2cccc3ccccc23)CC1)S(C)(=O)=O. The van der Waals surface area contributed by atoms with E-state index in [0.29, 0.717) is 12.8 Å². The first-order chi connectivity index (χ1) is 16.2. The summed E-state index contributed by atoms with van der Waals surface area (Å²) in [6.07, 6.45) is 7.45. The van der Waals surface area contributed by atoms with Crippen molar-refractivity contribution < 1.29 is 18.0 Å². The number of nitrogens with one attached hydrogen (secondary N) is 2. The van der Waals surface area contributed by atoms with Crippen molar-refractivity contribution >= 4 is 32.6 Å². The molecule has 1 atom stereocenters. The monoisotopic (exact) mass is 484 g/mol. The van der Waals surface area contributed by atoms with E-state index < -0.39 is 21.8 Å². The Morgan fingerprint density at radius 2 is 1.79 bits per heavy atom. The van der Waals surface area contributed by atoms with Gasteiger partial charge in [-0.15, -0.1) is 6.42 Å². The molecule has 1 fully saturated rings. The van der Waals surface area contributed by atoms with E-state index in [2.05, 4.69) is 58.7 Å². The molecular formula is C25H32N4O4S.